The Balaban J connectivity index is 2.05. The summed E-state index contributed by atoms with van der Waals surface area (Å²) in [5, 5.41) is 2.93. The van der Waals surface area contributed by atoms with Crippen LogP contribution in [0.1, 0.15) is 36.9 Å². The molecule has 2 atom stereocenters. The fourth-order valence-electron chi connectivity index (χ4n) is 2.15. The number of carbonyl (C=O) groups is 1. The first-order chi connectivity index (χ1) is 9.97. The zero-order chi connectivity index (χ0) is 15.4. The van der Waals surface area contributed by atoms with E-state index >= 15 is 0 Å². The Morgan fingerprint density at radius 3 is 2.38 bits per heavy atom. The van der Waals surface area contributed by atoms with Gasteiger partial charge in [-0.15, -0.1) is 0 Å². The van der Waals surface area contributed by atoms with E-state index in [9.17, 15) is 9.18 Å². The Kier molecular flexibility index (Phi) is 4.58. The highest BCUT2D eigenvalue weighted by molar-refractivity contribution is 5.83. The van der Waals surface area contributed by atoms with Gasteiger partial charge in [0.25, 0.3) is 0 Å². The van der Waals surface area contributed by atoms with Crippen molar-refractivity contribution in [3.63, 3.8) is 0 Å². The normalized spacial score (nSPS) is 13.5. The maximum atomic E-state index is 12.9. The Morgan fingerprint density at radius 2 is 1.76 bits per heavy atom. The number of nitrogen functional groups attached to an aromatic ring is 1. The lowest BCUT2D eigenvalue weighted by molar-refractivity contribution is -0.122. The van der Waals surface area contributed by atoms with Crippen molar-refractivity contribution in [2.24, 2.45) is 0 Å². The van der Waals surface area contributed by atoms with E-state index in [0.717, 1.165) is 11.1 Å². The number of nitrogens with two attached hydrogens (primary N) is 1. The van der Waals surface area contributed by atoms with Crippen molar-refractivity contribution < 1.29 is 9.18 Å². The number of nitrogens with one attached hydrogen (secondary N) is 1. The molecule has 0 aromatic heterocycles. The first-order valence-corrected chi connectivity index (χ1v) is 6.88. The number of rotatable bonds is 4. The summed E-state index contributed by atoms with van der Waals surface area (Å²) in [6.07, 6.45) is 0. The molecule has 1 amide bonds. The van der Waals surface area contributed by atoms with Gasteiger partial charge in [0.2, 0.25) is 5.91 Å². The molecule has 3 N–H and O–H groups in total. The summed E-state index contributed by atoms with van der Waals surface area (Å²) in [7, 11) is 0. The number of hydrogen-bond donors (Lipinski definition) is 2. The third-order valence-electron chi connectivity index (χ3n) is 3.53. The quantitative estimate of drug-likeness (QED) is 0.846. The predicted molar refractivity (Wildman–Crippen MR) is 82.2 cm³/mol. The van der Waals surface area contributed by atoms with Gasteiger partial charge in [-0.3, -0.25) is 4.79 Å². The van der Waals surface area contributed by atoms with Crippen molar-refractivity contribution in [2.45, 2.75) is 25.8 Å². The molecular weight excluding hydrogens is 267 g/mol. The summed E-state index contributed by atoms with van der Waals surface area (Å²) < 4.78 is 12.9. The molecule has 0 aliphatic heterocycles. The molecule has 0 fully saturated rings. The van der Waals surface area contributed by atoms with E-state index in [2.05, 4.69) is 5.32 Å². The predicted octanol–water partition coefficient (Wildman–Crippen LogP) is 3.39. The van der Waals surface area contributed by atoms with Crippen molar-refractivity contribution in [1.82, 2.24) is 5.32 Å². The molecule has 0 aliphatic carbocycles. The largest absolute Gasteiger partial charge is 0.399 e. The molecule has 2 unspecified atom stereocenters. The third kappa shape index (κ3) is 3.81. The van der Waals surface area contributed by atoms with Crippen molar-refractivity contribution in [2.75, 3.05) is 5.73 Å². The van der Waals surface area contributed by atoms with Gasteiger partial charge in [-0.05, 0) is 49.2 Å². The minimum Gasteiger partial charge on any atom is -0.399 e. The van der Waals surface area contributed by atoms with Crippen LogP contribution in [0.15, 0.2) is 48.5 Å². The van der Waals surface area contributed by atoms with Crippen LogP contribution in [0.4, 0.5) is 10.1 Å². The first-order valence-electron chi connectivity index (χ1n) is 6.88. The fraction of sp³-hybridized carbons (Fsp3) is 0.235. The molecule has 110 valence electrons. The van der Waals surface area contributed by atoms with Crippen molar-refractivity contribution in [1.29, 1.82) is 0 Å². The molecule has 0 radical (unpaired) electrons. The van der Waals surface area contributed by atoms with Crippen LogP contribution in [0.25, 0.3) is 0 Å². The van der Waals surface area contributed by atoms with E-state index in [1.165, 1.54) is 12.1 Å². The topological polar surface area (TPSA) is 55.1 Å². The number of anilines is 1. The highest BCUT2D eigenvalue weighted by atomic mass is 19.1. The summed E-state index contributed by atoms with van der Waals surface area (Å²) in [6.45, 7) is 3.71. The van der Waals surface area contributed by atoms with Crippen molar-refractivity contribution in [3.8, 4) is 0 Å². The summed E-state index contributed by atoms with van der Waals surface area (Å²) in [5.41, 5.74) is 8.11. The monoisotopic (exact) mass is 286 g/mol. The molecule has 21 heavy (non-hydrogen) atoms. The van der Waals surface area contributed by atoms with E-state index in [0.29, 0.717) is 5.69 Å². The van der Waals surface area contributed by atoms with Crippen LogP contribution < -0.4 is 11.1 Å². The van der Waals surface area contributed by atoms with E-state index in [-0.39, 0.29) is 23.7 Å². The fourth-order valence-corrected chi connectivity index (χ4v) is 2.15. The molecule has 0 saturated heterocycles. The standard InChI is InChI=1S/C17H19FN2O/c1-11(14-4-3-5-16(19)10-14)17(21)20-12(2)13-6-8-15(18)9-7-13/h3-12H,19H2,1-2H3,(H,20,21). The van der Waals surface area contributed by atoms with Gasteiger partial charge in [-0.25, -0.2) is 4.39 Å². The number of hydrogen-bond acceptors (Lipinski definition) is 2. The maximum absolute atomic E-state index is 12.9. The lowest BCUT2D eigenvalue weighted by Crippen LogP contribution is -2.30. The van der Waals surface area contributed by atoms with Crippen LogP contribution >= 0.6 is 0 Å². The zero-order valence-corrected chi connectivity index (χ0v) is 12.1. The highest BCUT2D eigenvalue weighted by Crippen LogP contribution is 2.20. The molecule has 0 aliphatic rings. The van der Waals surface area contributed by atoms with Crippen LogP contribution in [0, 0.1) is 5.82 Å². The number of benzene rings is 2. The molecule has 4 heteroatoms. The molecule has 0 heterocycles. The van der Waals surface area contributed by atoms with Crippen LogP contribution in [-0.4, -0.2) is 5.91 Å². The zero-order valence-electron chi connectivity index (χ0n) is 12.1. The van der Waals surface area contributed by atoms with Gasteiger partial charge >= 0.3 is 0 Å². The second-order valence-corrected chi connectivity index (χ2v) is 5.17. The van der Waals surface area contributed by atoms with Crippen LogP contribution in [0.2, 0.25) is 0 Å². The Morgan fingerprint density at radius 1 is 1.10 bits per heavy atom. The number of carbonyl (C=O) groups excluding carboxylic acids is 1. The molecule has 2 aromatic carbocycles. The number of halogens is 1. The van der Waals surface area contributed by atoms with E-state index in [4.69, 9.17) is 5.73 Å². The maximum Gasteiger partial charge on any atom is 0.227 e. The van der Waals surface area contributed by atoms with Gasteiger partial charge in [0.15, 0.2) is 0 Å². The van der Waals surface area contributed by atoms with E-state index < -0.39 is 0 Å². The molecule has 0 saturated carbocycles. The lowest BCUT2D eigenvalue weighted by Gasteiger charge is -2.18. The van der Waals surface area contributed by atoms with Crippen molar-refractivity contribution in [3.05, 3.63) is 65.5 Å². The van der Waals surface area contributed by atoms with E-state index in [1.807, 2.05) is 26.0 Å². The van der Waals surface area contributed by atoms with Crippen LogP contribution in [-0.2, 0) is 4.79 Å². The van der Waals surface area contributed by atoms with Crippen molar-refractivity contribution >= 4 is 11.6 Å². The molecule has 2 rings (SSSR count). The highest BCUT2D eigenvalue weighted by Gasteiger charge is 2.18. The second-order valence-electron chi connectivity index (χ2n) is 5.17. The second kappa shape index (κ2) is 6.39. The molecule has 0 spiro atoms. The first kappa shape index (κ1) is 15.0. The molecular formula is C17H19FN2O. The average molecular weight is 286 g/mol. The van der Waals surface area contributed by atoms with Gasteiger partial charge in [0.1, 0.15) is 5.82 Å². The minimum atomic E-state index is -0.295. The summed E-state index contributed by atoms with van der Waals surface area (Å²) in [4.78, 5) is 12.3. The summed E-state index contributed by atoms with van der Waals surface area (Å²) in [5.74, 6) is -0.667. The van der Waals surface area contributed by atoms with Crippen LogP contribution in [0.3, 0.4) is 0 Å². The van der Waals surface area contributed by atoms with Gasteiger partial charge in [-0.1, -0.05) is 24.3 Å². The minimum absolute atomic E-state index is 0.0857. The SMILES string of the molecule is CC(NC(=O)C(C)c1cccc(N)c1)c1ccc(F)cc1. The third-order valence-corrected chi connectivity index (χ3v) is 3.53. The summed E-state index contributed by atoms with van der Waals surface area (Å²) >= 11 is 0. The molecule has 0 bridgehead atoms. The smallest absolute Gasteiger partial charge is 0.227 e. The van der Waals surface area contributed by atoms with E-state index in [1.54, 1.807) is 24.3 Å². The van der Waals surface area contributed by atoms with Gasteiger partial charge in [-0.2, -0.15) is 0 Å². The van der Waals surface area contributed by atoms with Crippen LogP contribution in [0.5, 0.6) is 0 Å². The van der Waals surface area contributed by atoms with Gasteiger partial charge in [0, 0.05) is 5.69 Å². The average Bonchev–Trinajstić information content (AvgIpc) is 2.47. The number of amides is 1. The molecule has 3 nitrogen and oxygen atoms in total. The molecule has 2 aromatic rings. The lowest BCUT2D eigenvalue weighted by atomic mass is 9.99. The van der Waals surface area contributed by atoms with Gasteiger partial charge in [0.05, 0.1) is 12.0 Å². The Labute approximate surface area is 124 Å². The van der Waals surface area contributed by atoms with Gasteiger partial charge < -0.3 is 11.1 Å². The summed E-state index contributed by atoms with van der Waals surface area (Å²) in [6, 6.07) is 13.2. The Bertz CT molecular complexity index is 625. The Hall–Kier alpha value is -2.36.